The topological polar surface area (TPSA) is 73.1 Å². The van der Waals surface area contributed by atoms with Gasteiger partial charge in [-0.15, -0.1) is 0 Å². The van der Waals surface area contributed by atoms with Gasteiger partial charge in [0.2, 0.25) is 10.0 Å². The van der Waals surface area contributed by atoms with Crippen molar-refractivity contribution in [3.8, 4) is 0 Å². The second kappa shape index (κ2) is 5.22. The van der Waals surface area contributed by atoms with Crippen LogP contribution >= 0.6 is 0 Å². The summed E-state index contributed by atoms with van der Waals surface area (Å²) >= 11 is 0. The van der Waals surface area contributed by atoms with Gasteiger partial charge in [-0.3, -0.25) is 4.98 Å². The molecule has 1 aromatic heterocycles. The van der Waals surface area contributed by atoms with Gasteiger partial charge in [-0.2, -0.15) is 0 Å². The number of allylic oxidation sites excluding steroid dienone is 2. The molecule has 2 aliphatic rings. The highest BCUT2D eigenvalue weighted by Crippen LogP contribution is 2.63. The normalized spacial score (nSPS) is 19.1. The van der Waals surface area contributed by atoms with Crippen molar-refractivity contribution >= 4 is 21.2 Å². The fraction of sp³-hybridized carbons (Fsp3) is 0.278. The Morgan fingerprint density at radius 3 is 2.21 bits per heavy atom. The third-order valence-corrected chi connectivity index (χ3v) is 5.92. The van der Waals surface area contributed by atoms with Crippen LogP contribution in [0.25, 0.3) is 11.1 Å². The monoisotopic (exact) mass is 344 g/mol. The SMILES string of the molecule is NS(=O)(=O)c1ccc(C2=C(c3ccc(F)cn3)CC3(CC3)C2)cc1. The van der Waals surface area contributed by atoms with E-state index < -0.39 is 10.0 Å². The Labute approximate surface area is 140 Å². The highest BCUT2D eigenvalue weighted by Gasteiger charge is 2.48. The van der Waals surface area contributed by atoms with E-state index in [0.29, 0.717) is 5.41 Å². The Bertz CT molecular complexity index is 928. The van der Waals surface area contributed by atoms with Crippen molar-refractivity contribution in [1.82, 2.24) is 4.98 Å². The lowest BCUT2D eigenvalue weighted by atomic mass is 9.99. The number of hydrogen-bond donors (Lipinski definition) is 1. The fourth-order valence-electron chi connectivity index (χ4n) is 3.48. The Hall–Kier alpha value is -2.05. The maximum atomic E-state index is 13.2. The zero-order valence-electron chi connectivity index (χ0n) is 13.0. The molecule has 1 saturated carbocycles. The summed E-state index contributed by atoms with van der Waals surface area (Å²) in [4.78, 5) is 4.34. The molecule has 6 heteroatoms. The number of nitrogens with zero attached hydrogens (tertiary/aromatic N) is 1. The first kappa shape index (κ1) is 15.5. The minimum Gasteiger partial charge on any atom is -0.254 e. The number of nitrogens with two attached hydrogens (primary N) is 1. The third kappa shape index (κ3) is 2.76. The first-order valence-electron chi connectivity index (χ1n) is 7.84. The Kier molecular flexibility index (Phi) is 3.37. The lowest BCUT2D eigenvalue weighted by molar-refractivity contribution is 0.567. The van der Waals surface area contributed by atoms with Crippen molar-refractivity contribution in [1.29, 1.82) is 0 Å². The summed E-state index contributed by atoms with van der Waals surface area (Å²) in [6, 6.07) is 9.79. The van der Waals surface area contributed by atoms with Crippen LogP contribution in [0.4, 0.5) is 4.39 Å². The van der Waals surface area contributed by atoms with E-state index in [4.69, 9.17) is 5.14 Å². The van der Waals surface area contributed by atoms with Gasteiger partial charge in [0.1, 0.15) is 5.82 Å². The number of aromatic nitrogens is 1. The quantitative estimate of drug-likeness (QED) is 0.928. The Balaban J connectivity index is 1.77. The van der Waals surface area contributed by atoms with Gasteiger partial charge in [0.05, 0.1) is 16.8 Å². The van der Waals surface area contributed by atoms with Crippen LogP contribution in [0.15, 0.2) is 47.5 Å². The van der Waals surface area contributed by atoms with Gasteiger partial charge in [-0.25, -0.2) is 17.9 Å². The van der Waals surface area contributed by atoms with Crippen LogP contribution in [0.2, 0.25) is 0 Å². The van der Waals surface area contributed by atoms with Crippen LogP contribution in [0.1, 0.15) is 36.9 Å². The van der Waals surface area contributed by atoms with Crippen LogP contribution in [0, 0.1) is 11.2 Å². The van der Waals surface area contributed by atoms with E-state index in [-0.39, 0.29) is 10.7 Å². The highest BCUT2D eigenvalue weighted by atomic mass is 32.2. The summed E-state index contributed by atoms with van der Waals surface area (Å²) in [7, 11) is -3.69. The van der Waals surface area contributed by atoms with Gasteiger partial charge in [0, 0.05) is 0 Å². The first-order valence-corrected chi connectivity index (χ1v) is 9.38. The molecule has 0 amide bonds. The van der Waals surface area contributed by atoms with Gasteiger partial charge >= 0.3 is 0 Å². The van der Waals surface area contributed by atoms with Crippen molar-refractivity contribution < 1.29 is 12.8 Å². The molecule has 0 radical (unpaired) electrons. The van der Waals surface area contributed by atoms with Crippen molar-refractivity contribution in [2.75, 3.05) is 0 Å². The molecule has 1 fully saturated rings. The zero-order chi connectivity index (χ0) is 16.9. The van der Waals surface area contributed by atoms with Crippen LogP contribution in [-0.2, 0) is 10.0 Å². The molecule has 124 valence electrons. The van der Waals surface area contributed by atoms with E-state index in [9.17, 15) is 12.8 Å². The third-order valence-electron chi connectivity index (χ3n) is 4.99. The van der Waals surface area contributed by atoms with Gasteiger partial charge in [0.25, 0.3) is 0 Å². The number of rotatable bonds is 3. The number of benzene rings is 1. The summed E-state index contributed by atoms with van der Waals surface area (Å²) in [6.07, 6.45) is 5.52. The second-order valence-corrected chi connectivity index (χ2v) is 8.30. The Morgan fingerprint density at radius 2 is 1.67 bits per heavy atom. The summed E-state index contributed by atoms with van der Waals surface area (Å²) in [5.41, 5.74) is 4.40. The molecule has 2 aliphatic carbocycles. The molecule has 0 unspecified atom stereocenters. The van der Waals surface area contributed by atoms with E-state index >= 15 is 0 Å². The summed E-state index contributed by atoms with van der Waals surface area (Å²) in [6.45, 7) is 0. The molecule has 1 heterocycles. The zero-order valence-corrected chi connectivity index (χ0v) is 13.8. The number of hydrogen-bond acceptors (Lipinski definition) is 3. The molecule has 2 N–H and O–H groups in total. The molecule has 24 heavy (non-hydrogen) atoms. The standard InChI is InChI=1S/C18H17FN2O2S/c19-13-3-6-17(21-11-13)16-10-18(7-8-18)9-15(16)12-1-4-14(5-2-12)24(20,22)23/h1-6,11H,7-10H2,(H2,20,22,23). The Morgan fingerprint density at radius 1 is 1.00 bits per heavy atom. The number of halogens is 1. The average Bonchev–Trinajstić information content (AvgIpc) is 3.19. The van der Waals surface area contributed by atoms with Gasteiger partial charge in [-0.1, -0.05) is 12.1 Å². The van der Waals surface area contributed by atoms with Gasteiger partial charge in [-0.05, 0) is 72.1 Å². The molecule has 4 nitrogen and oxygen atoms in total. The highest BCUT2D eigenvalue weighted by molar-refractivity contribution is 7.89. The largest absolute Gasteiger partial charge is 0.254 e. The molecule has 1 spiro atoms. The van der Waals surface area contributed by atoms with E-state index in [2.05, 4.69) is 4.98 Å². The molecule has 0 aliphatic heterocycles. The maximum Gasteiger partial charge on any atom is 0.238 e. The number of pyridine rings is 1. The summed E-state index contributed by atoms with van der Waals surface area (Å²) in [5, 5.41) is 5.16. The molecule has 0 bridgehead atoms. The second-order valence-electron chi connectivity index (χ2n) is 6.74. The molecule has 0 saturated heterocycles. The van der Waals surface area contributed by atoms with Crippen LogP contribution in [0.5, 0.6) is 0 Å². The molecule has 1 aromatic carbocycles. The van der Waals surface area contributed by atoms with E-state index in [1.54, 1.807) is 18.2 Å². The van der Waals surface area contributed by atoms with E-state index in [1.807, 2.05) is 0 Å². The van der Waals surface area contributed by atoms with Crippen molar-refractivity contribution in [3.63, 3.8) is 0 Å². The molecule has 0 atom stereocenters. The van der Waals surface area contributed by atoms with Crippen molar-refractivity contribution in [2.24, 2.45) is 10.6 Å². The molecular weight excluding hydrogens is 327 g/mol. The van der Waals surface area contributed by atoms with Crippen LogP contribution < -0.4 is 5.14 Å². The summed E-state index contributed by atoms with van der Waals surface area (Å²) in [5.74, 6) is -0.350. The van der Waals surface area contributed by atoms with Crippen molar-refractivity contribution in [3.05, 3.63) is 59.7 Å². The predicted octanol–water partition coefficient (Wildman–Crippen LogP) is 3.35. The summed E-state index contributed by atoms with van der Waals surface area (Å²) < 4.78 is 36.0. The molecular formula is C18H17FN2O2S. The smallest absolute Gasteiger partial charge is 0.238 e. The predicted molar refractivity (Wildman–Crippen MR) is 89.7 cm³/mol. The first-order chi connectivity index (χ1) is 11.4. The van der Waals surface area contributed by atoms with E-state index in [0.717, 1.165) is 29.7 Å². The lowest BCUT2D eigenvalue weighted by Gasteiger charge is -2.08. The lowest BCUT2D eigenvalue weighted by Crippen LogP contribution is -2.11. The molecule has 4 rings (SSSR count). The van der Waals surface area contributed by atoms with E-state index in [1.165, 1.54) is 42.8 Å². The number of sulfonamides is 1. The van der Waals surface area contributed by atoms with Crippen LogP contribution in [0.3, 0.4) is 0 Å². The van der Waals surface area contributed by atoms with Gasteiger partial charge < -0.3 is 0 Å². The maximum absolute atomic E-state index is 13.2. The fourth-order valence-corrected chi connectivity index (χ4v) is 3.99. The van der Waals surface area contributed by atoms with Gasteiger partial charge in [0.15, 0.2) is 0 Å². The molecule has 2 aromatic rings. The number of primary sulfonamides is 1. The van der Waals surface area contributed by atoms with Crippen molar-refractivity contribution in [2.45, 2.75) is 30.6 Å². The average molecular weight is 344 g/mol. The van der Waals surface area contributed by atoms with Crippen LogP contribution in [-0.4, -0.2) is 13.4 Å². The minimum absolute atomic E-state index is 0.104. The minimum atomic E-state index is -3.69.